The minimum atomic E-state index is 0.403. The minimum absolute atomic E-state index is 0.403. The van der Waals surface area contributed by atoms with Crippen molar-refractivity contribution in [1.82, 2.24) is 0 Å². The number of rotatable bonds is 5. The molecule has 0 atom stereocenters. The average molecular weight is 242 g/mol. The molecule has 0 bridgehead atoms. The Kier molecular flexibility index (Phi) is 5.40. The first kappa shape index (κ1) is 14.8. The lowest BCUT2D eigenvalue weighted by atomic mass is 9.84. The van der Waals surface area contributed by atoms with Crippen LogP contribution in [0.25, 0.3) is 0 Å². The summed E-state index contributed by atoms with van der Waals surface area (Å²) in [7, 11) is 0. The average Bonchev–Trinajstić information content (AvgIpc) is 2.65. The molecule has 0 unspecified atom stereocenters. The molecule has 0 heterocycles. The van der Waals surface area contributed by atoms with Crippen LogP contribution in [0.5, 0.6) is 0 Å². The van der Waals surface area contributed by atoms with Crippen LogP contribution in [0.1, 0.15) is 47.0 Å². The molecule has 0 aromatic carbocycles. The summed E-state index contributed by atoms with van der Waals surface area (Å²) < 4.78 is 0. The molecule has 1 aliphatic carbocycles. The van der Waals surface area contributed by atoms with Crippen LogP contribution in [-0.2, 0) is 0 Å². The van der Waals surface area contributed by atoms with Crippen molar-refractivity contribution in [3.05, 3.63) is 59.8 Å². The fraction of sp³-hybridized carbons (Fsp3) is 0.444. The second kappa shape index (κ2) is 6.58. The van der Waals surface area contributed by atoms with Gasteiger partial charge in [-0.15, -0.1) is 0 Å². The van der Waals surface area contributed by atoms with Crippen LogP contribution >= 0.6 is 0 Å². The third-order valence-electron chi connectivity index (χ3n) is 3.71. The Labute approximate surface area is 112 Å². The van der Waals surface area contributed by atoms with E-state index in [1.165, 1.54) is 24.0 Å². The molecular formula is C18H26. The summed E-state index contributed by atoms with van der Waals surface area (Å²) in [5.74, 6) is 0. The van der Waals surface area contributed by atoms with Gasteiger partial charge in [-0.05, 0) is 38.5 Å². The van der Waals surface area contributed by atoms with Crippen molar-refractivity contribution in [2.24, 2.45) is 5.41 Å². The predicted octanol–water partition coefficient (Wildman–Crippen LogP) is 5.76. The molecule has 0 spiro atoms. The van der Waals surface area contributed by atoms with Gasteiger partial charge in [0.15, 0.2) is 0 Å². The Morgan fingerprint density at radius 1 is 1.33 bits per heavy atom. The van der Waals surface area contributed by atoms with E-state index in [-0.39, 0.29) is 0 Å². The van der Waals surface area contributed by atoms with Gasteiger partial charge in [-0.3, -0.25) is 0 Å². The summed E-state index contributed by atoms with van der Waals surface area (Å²) in [6.45, 7) is 12.7. The van der Waals surface area contributed by atoms with Gasteiger partial charge in [0.1, 0.15) is 0 Å². The van der Waals surface area contributed by atoms with Gasteiger partial charge in [0, 0.05) is 0 Å². The molecule has 0 aromatic rings. The molecule has 0 saturated carbocycles. The first-order chi connectivity index (χ1) is 8.45. The van der Waals surface area contributed by atoms with E-state index in [1.54, 1.807) is 5.57 Å². The molecular weight excluding hydrogens is 216 g/mol. The normalized spacial score (nSPS) is 20.3. The molecule has 0 aliphatic heterocycles. The second-order valence-electron chi connectivity index (χ2n) is 5.78. The standard InChI is InChI=1S/C18H26/c1-6-15(2)9-7-10-16(3)12-13-17-11-8-14-18(17,4)5/h6-7,9-12H,1,8,13-14H2,2-5H3. The lowest BCUT2D eigenvalue weighted by Crippen LogP contribution is -2.09. The smallest absolute Gasteiger partial charge is 0.0128 e. The van der Waals surface area contributed by atoms with Gasteiger partial charge in [-0.25, -0.2) is 0 Å². The molecule has 0 fully saturated rings. The van der Waals surface area contributed by atoms with Gasteiger partial charge >= 0.3 is 0 Å². The van der Waals surface area contributed by atoms with Crippen molar-refractivity contribution in [3.63, 3.8) is 0 Å². The quantitative estimate of drug-likeness (QED) is 0.425. The van der Waals surface area contributed by atoms with Gasteiger partial charge in [0.2, 0.25) is 0 Å². The van der Waals surface area contributed by atoms with E-state index < -0.39 is 0 Å². The Morgan fingerprint density at radius 2 is 2.06 bits per heavy atom. The fourth-order valence-electron chi connectivity index (χ4n) is 2.16. The van der Waals surface area contributed by atoms with Gasteiger partial charge in [-0.1, -0.05) is 73.6 Å². The van der Waals surface area contributed by atoms with Crippen molar-refractivity contribution in [2.45, 2.75) is 47.0 Å². The summed E-state index contributed by atoms with van der Waals surface area (Å²) in [6, 6.07) is 0. The Morgan fingerprint density at radius 3 is 2.61 bits per heavy atom. The molecule has 0 radical (unpaired) electrons. The predicted molar refractivity (Wildman–Crippen MR) is 82.6 cm³/mol. The zero-order valence-corrected chi connectivity index (χ0v) is 12.3. The van der Waals surface area contributed by atoms with Crippen molar-refractivity contribution < 1.29 is 0 Å². The summed E-state index contributed by atoms with van der Waals surface area (Å²) in [5.41, 5.74) is 4.51. The molecule has 0 nitrogen and oxygen atoms in total. The van der Waals surface area contributed by atoms with Crippen LogP contribution in [0.3, 0.4) is 0 Å². The molecule has 98 valence electrons. The maximum absolute atomic E-state index is 3.74. The highest BCUT2D eigenvalue weighted by molar-refractivity contribution is 5.28. The fourth-order valence-corrected chi connectivity index (χ4v) is 2.16. The number of hydrogen-bond donors (Lipinski definition) is 0. The van der Waals surface area contributed by atoms with E-state index in [2.05, 4.69) is 64.7 Å². The van der Waals surface area contributed by atoms with E-state index in [0.717, 1.165) is 6.42 Å². The van der Waals surface area contributed by atoms with Crippen molar-refractivity contribution in [3.8, 4) is 0 Å². The second-order valence-corrected chi connectivity index (χ2v) is 5.78. The van der Waals surface area contributed by atoms with E-state index in [1.807, 2.05) is 6.08 Å². The van der Waals surface area contributed by atoms with Gasteiger partial charge < -0.3 is 0 Å². The molecule has 0 N–H and O–H groups in total. The van der Waals surface area contributed by atoms with Crippen molar-refractivity contribution in [2.75, 3.05) is 0 Å². The maximum Gasteiger partial charge on any atom is -0.0128 e. The highest BCUT2D eigenvalue weighted by atomic mass is 14.3. The van der Waals surface area contributed by atoms with E-state index >= 15 is 0 Å². The number of hydrogen-bond acceptors (Lipinski definition) is 0. The molecule has 18 heavy (non-hydrogen) atoms. The Bertz CT molecular complexity index is 411. The van der Waals surface area contributed by atoms with Gasteiger partial charge in [-0.2, -0.15) is 0 Å². The molecule has 1 rings (SSSR count). The van der Waals surface area contributed by atoms with Crippen LogP contribution in [0.4, 0.5) is 0 Å². The van der Waals surface area contributed by atoms with Gasteiger partial charge in [0.25, 0.3) is 0 Å². The van der Waals surface area contributed by atoms with Crippen LogP contribution in [0.15, 0.2) is 59.8 Å². The van der Waals surface area contributed by atoms with Crippen molar-refractivity contribution in [1.29, 1.82) is 0 Å². The zero-order valence-electron chi connectivity index (χ0n) is 12.3. The third kappa shape index (κ3) is 4.52. The SMILES string of the molecule is C=CC(C)=CC=CC(C)=CCC1=CCCC1(C)C. The summed E-state index contributed by atoms with van der Waals surface area (Å²) >= 11 is 0. The van der Waals surface area contributed by atoms with Crippen LogP contribution in [0, 0.1) is 5.41 Å². The molecule has 0 heteroatoms. The van der Waals surface area contributed by atoms with E-state index in [9.17, 15) is 0 Å². The lowest BCUT2D eigenvalue weighted by Gasteiger charge is -2.21. The van der Waals surface area contributed by atoms with E-state index in [4.69, 9.17) is 0 Å². The molecule has 1 aliphatic rings. The minimum Gasteiger partial charge on any atom is -0.0988 e. The van der Waals surface area contributed by atoms with Crippen LogP contribution < -0.4 is 0 Å². The monoisotopic (exact) mass is 242 g/mol. The highest BCUT2D eigenvalue weighted by Crippen LogP contribution is 2.39. The zero-order chi connectivity index (χ0) is 13.6. The summed E-state index contributed by atoms with van der Waals surface area (Å²) in [6.07, 6.45) is 16.6. The van der Waals surface area contributed by atoms with E-state index in [0.29, 0.717) is 5.41 Å². The Balaban J connectivity index is 2.55. The molecule has 0 aromatic heterocycles. The van der Waals surface area contributed by atoms with Crippen molar-refractivity contribution >= 4 is 0 Å². The summed E-state index contributed by atoms with van der Waals surface area (Å²) in [4.78, 5) is 0. The lowest BCUT2D eigenvalue weighted by molar-refractivity contribution is 0.436. The highest BCUT2D eigenvalue weighted by Gasteiger charge is 2.25. The largest absolute Gasteiger partial charge is 0.0988 e. The Hall–Kier alpha value is -1.30. The topological polar surface area (TPSA) is 0 Å². The molecule has 0 saturated heterocycles. The first-order valence-electron chi connectivity index (χ1n) is 6.79. The first-order valence-corrected chi connectivity index (χ1v) is 6.79. The molecule has 0 amide bonds. The maximum atomic E-state index is 3.74. The van der Waals surface area contributed by atoms with Gasteiger partial charge in [0.05, 0.1) is 0 Å². The number of allylic oxidation sites excluding steroid dienone is 9. The summed E-state index contributed by atoms with van der Waals surface area (Å²) in [5, 5.41) is 0. The van der Waals surface area contributed by atoms with Crippen LogP contribution in [-0.4, -0.2) is 0 Å². The van der Waals surface area contributed by atoms with Crippen LogP contribution in [0.2, 0.25) is 0 Å². The third-order valence-corrected chi connectivity index (χ3v) is 3.71.